The van der Waals surface area contributed by atoms with Gasteiger partial charge in [-0.1, -0.05) is 35.9 Å². The van der Waals surface area contributed by atoms with E-state index in [-0.39, 0.29) is 50.9 Å². The topological polar surface area (TPSA) is 154 Å². The molecule has 0 aromatic heterocycles. The number of aromatic hydroxyl groups is 1. The summed E-state index contributed by atoms with van der Waals surface area (Å²) in [6.45, 7) is 0. The minimum Gasteiger partial charge on any atom is -0.502 e. The third kappa shape index (κ3) is 5.30. The van der Waals surface area contributed by atoms with Gasteiger partial charge in [-0.25, -0.2) is 26.9 Å². The average molecular weight is 807 g/mol. The number of amides is 4. The van der Waals surface area contributed by atoms with Gasteiger partial charge in [-0.15, -0.1) is 23.2 Å². The van der Waals surface area contributed by atoms with Crippen molar-refractivity contribution in [1.82, 2.24) is 0 Å². The summed E-state index contributed by atoms with van der Waals surface area (Å²) in [5.74, 6) is -22.8. The number of rotatable bonds is 7. The van der Waals surface area contributed by atoms with Gasteiger partial charge in [-0.2, -0.15) is 0 Å². The number of imide groups is 2. The lowest BCUT2D eigenvalue weighted by molar-refractivity contribution is -0.125. The predicted molar refractivity (Wildman–Crippen MR) is 186 cm³/mol. The number of alkyl halides is 2. The number of hydrogen-bond acceptors (Lipinski definition) is 9. The highest BCUT2D eigenvalue weighted by Gasteiger charge is 2.76. The van der Waals surface area contributed by atoms with E-state index >= 15 is 8.78 Å². The van der Waals surface area contributed by atoms with Crippen LogP contribution in [0.5, 0.6) is 17.2 Å². The molecule has 4 aliphatic rings. The number of ether oxygens (including phenoxy) is 2. The van der Waals surface area contributed by atoms with E-state index in [1.54, 1.807) is 0 Å². The molecule has 11 nitrogen and oxygen atoms in total. The second-order valence-electron chi connectivity index (χ2n) is 13.4. The number of benzene rings is 3. The molecule has 2 aliphatic heterocycles. The van der Waals surface area contributed by atoms with Crippen molar-refractivity contribution in [2.75, 3.05) is 24.0 Å². The Kier molecular flexibility index (Phi) is 9.31. The van der Waals surface area contributed by atoms with Crippen LogP contribution in [0.25, 0.3) is 6.08 Å². The molecule has 1 saturated carbocycles. The van der Waals surface area contributed by atoms with Crippen LogP contribution in [0.2, 0.25) is 0 Å². The predicted octanol–water partition coefficient (Wildman–Crippen LogP) is 4.10. The smallest absolute Gasteiger partial charge is 0.488 e. The standard InChI is InChI=1S/C36H26BCl2F5N2O9/c1-54-21-10-14(11-22(55-2)30(21)47)6-9-20-17-7-8-18-23(32(49)45(31(18)48)16-5-3-4-15(12-16)37(52)53)19(17)13-35(38)33(50)46(34(51)36(20,35)39)29-27(43)25(41)24(40)26(42)28(29)44/h3-7,9-12,18-20,23,47,52-53H,8,13H2,1-2H3/t18-,19+,20-,23-,35+,36-/m0/s1. The van der Waals surface area contributed by atoms with Crippen molar-refractivity contribution in [1.29, 1.82) is 0 Å². The van der Waals surface area contributed by atoms with E-state index in [9.17, 15) is 47.5 Å². The molecule has 2 aliphatic carbocycles. The second kappa shape index (κ2) is 13.4. The van der Waals surface area contributed by atoms with Crippen molar-refractivity contribution in [2.45, 2.75) is 22.6 Å². The van der Waals surface area contributed by atoms with Crippen molar-refractivity contribution in [3.63, 3.8) is 0 Å². The number of carbonyl (C=O) groups excluding carboxylic acids is 4. The van der Waals surface area contributed by atoms with Crippen LogP contribution < -0.4 is 24.7 Å². The molecule has 3 aromatic carbocycles. The fourth-order valence-corrected chi connectivity index (χ4v) is 9.00. The molecule has 3 fully saturated rings. The number of carbonyl (C=O) groups is 4. The fourth-order valence-electron chi connectivity index (χ4n) is 8.11. The fraction of sp³-hybridized carbons (Fsp3) is 0.278. The van der Waals surface area contributed by atoms with E-state index < -0.39 is 105 Å². The molecule has 4 amide bonds. The Hall–Kier alpha value is -4.97. The monoisotopic (exact) mass is 806 g/mol. The molecule has 6 atom stereocenters. The summed E-state index contributed by atoms with van der Waals surface area (Å²) >= 11 is 14.2. The van der Waals surface area contributed by atoms with E-state index in [1.807, 2.05) is 0 Å². The summed E-state index contributed by atoms with van der Waals surface area (Å²) in [6, 6.07) is 8.04. The molecule has 2 heterocycles. The van der Waals surface area contributed by atoms with Gasteiger partial charge in [0.1, 0.15) is 5.69 Å². The minimum absolute atomic E-state index is 0.00378. The molecule has 7 rings (SSSR count). The first-order chi connectivity index (χ1) is 25.9. The number of halogens is 7. The molecule has 3 aromatic rings. The average Bonchev–Trinajstić information content (AvgIpc) is 3.51. The van der Waals surface area contributed by atoms with Gasteiger partial charge in [0.05, 0.1) is 31.7 Å². The molecule has 0 bridgehead atoms. The van der Waals surface area contributed by atoms with Crippen LogP contribution in [0.4, 0.5) is 33.3 Å². The van der Waals surface area contributed by atoms with Gasteiger partial charge in [0, 0.05) is 5.92 Å². The van der Waals surface area contributed by atoms with Crippen LogP contribution in [0.15, 0.2) is 54.1 Å². The van der Waals surface area contributed by atoms with Crippen molar-refractivity contribution < 1.29 is 65.8 Å². The van der Waals surface area contributed by atoms with Crippen molar-refractivity contribution in [3.8, 4) is 17.2 Å². The molecule has 2 saturated heterocycles. The van der Waals surface area contributed by atoms with Crippen LogP contribution in [-0.4, -0.2) is 69.9 Å². The Morgan fingerprint density at radius 1 is 0.836 bits per heavy atom. The largest absolute Gasteiger partial charge is 0.502 e. The maximum absolute atomic E-state index is 15.3. The van der Waals surface area contributed by atoms with Crippen LogP contribution in [0, 0.1) is 52.8 Å². The zero-order chi connectivity index (χ0) is 40.0. The Morgan fingerprint density at radius 2 is 1.44 bits per heavy atom. The summed E-state index contributed by atoms with van der Waals surface area (Å²) in [5, 5.41) is 29.9. The molecular formula is C36H26BCl2F5N2O9. The van der Waals surface area contributed by atoms with Gasteiger partial charge in [0.15, 0.2) is 44.5 Å². The van der Waals surface area contributed by atoms with Gasteiger partial charge in [-0.05, 0) is 54.1 Å². The molecule has 0 radical (unpaired) electrons. The molecular weight excluding hydrogens is 781 g/mol. The van der Waals surface area contributed by atoms with Crippen LogP contribution in [-0.2, 0) is 19.2 Å². The Labute approximate surface area is 318 Å². The molecule has 0 spiro atoms. The first-order valence-electron chi connectivity index (χ1n) is 16.4. The Morgan fingerprint density at radius 3 is 2.02 bits per heavy atom. The van der Waals surface area contributed by atoms with Gasteiger partial charge >= 0.3 is 7.12 Å². The molecule has 19 heteroatoms. The lowest BCUT2D eigenvalue weighted by Crippen LogP contribution is -2.60. The lowest BCUT2D eigenvalue weighted by Gasteiger charge is -2.49. The number of hydrogen-bond donors (Lipinski definition) is 3. The quantitative estimate of drug-likeness (QED) is 0.0610. The highest BCUT2D eigenvalue weighted by atomic mass is 35.5. The number of methoxy groups -OCH3 is 2. The number of anilines is 2. The number of allylic oxidation sites excluding steroid dienone is 3. The second-order valence-corrected chi connectivity index (χ2v) is 14.6. The van der Waals surface area contributed by atoms with E-state index in [2.05, 4.69) is 0 Å². The minimum atomic E-state index is -2.74. The summed E-state index contributed by atoms with van der Waals surface area (Å²) < 4.78 is 84.0. The third-order valence-corrected chi connectivity index (χ3v) is 12.1. The number of phenols is 1. The van der Waals surface area contributed by atoms with E-state index in [0.29, 0.717) is 0 Å². The van der Waals surface area contributed by atoms with Crippen molar-refractivity contribution in [3.05, 3.63) is 88.8 Å². The van der Waals surface area contributed by atoms with Gasteiger partial charge in [0.25, 0.3) is 11.8 Å². The van der Waals surface area contributed by atoms with Crippen molar-refractivity contribution in [2.24, 2.45) is 23.7 Å². The Bertz CT molecular complexity index is 2240. The maximum Gasteiger partial charge on any atom is 0.488 e. The van der Waals surface area contributed by atoms with E-state index in [0.717, 1.165) is 4.90 Å². The summed E-state index contributed by atoms with van der Waals surface area (Å²) in [4.78, 5) is 52.0. The molecule has 0 unspecified atom stereocenters. The van der Waals surface area contributed by atoms with Crippen LogP contribution in [0.3, 0.4) is 0 Å². The first kappa shape index (κ1) is 38.3. The van der Waals surface area contributed by atoms with Crippen molar-refractivity contribution >= 4 is 76.9 Å². The number of fused-ring (bicyclic) bond motifs is 4. The SMILES string of the molecule is COc1cc(C=C[C@H]2C3=CC[C@@H]4C(=O)N(c5cccc(B(O)O)c5)C(=O)[C@@H]4[C@@H]3C[C@@]3(Cl)C(=O)N(c4c(F)c(F)c(F)c(F)c4F)C(=O)[C@@]23Cl)cc(OC)c1O. The number of nitrogens with zero attached hydrogens (tertiary/aromatic N) is 2. The lowest BCUT2D eigenvalue weighted by atomic mass is 9.57. The molecule has 55 heavy (non-hydrogen) atoms. The zero-order valence-corrected chi connectivity index (χ0v) is 29.8. The first-order valence-corrected chi connectivity index (χ1v) is 17.1. The Balaban J connectivity index is 1.40. The van der Waals surface area contributed by atoms with Crippen LogP contribution in [0.1, 0.15) is 18.4 Å². The molecule has 286 valence electrons. The van der Waals surface area contributed by atoms with E-state index in [4.69, 9.17) is 32.7 Å². The highest BCUT2D eigenvalue weighted by Crippen LogP contribution is 2.64. The van der Waals surface area contributed by atoms with Gasteiger partial charge < -0.3 is 24.6 Å². The van der Waals surface area contributed by atoms with E-state index in [1.165, 1.54) is 68.8 Å². The van der Waals surface area contributed by atoms with Gasteiger partial charge in [0.2, 0.25) is 23.4 Å². The maximum atomic E-state index is 15.3. The molecule has 3 N–H and O–H groups in total. The van der Waals surface area contributed by atoms with Gasteiger partial charge in [-0.3, -0.25) is 24.1 Å². The zero-order valence-electron chi connectivity index (χ0n) is 28.3. The third-order valence-electron chi connectivity index (χ3n) is 10.7. The number of phenolic OH excluding ortho intramolecular Hbond substituents is 1. The summed E-state index contributed by atoms with van der Waals surface area (Å²) in [7, 11) is 0.575. The normalized spacial score (nSPS) is 27.4. The van der Waals surface area contributed by atoms with Crippen LogP contribution >= 0.6 is 23.2 Å². The summed E-state index contributed by atoms with van der Waals surface area (Å²) in [6.07, 6.45) is 3.32. The summed E-state index contributed by atoms with van der Waals surface area (Å²) in [5.41, 5.74) is -1.50. The highest BCUT2D eigenvalue weighted by molar-refractivity contribution is 6.59.